The van der Waals surface area contributed by atoms with E-state index in [2.05, 4.69) is 6.07 Å². The molecule has 0 radical (unpaired) electrons. The first-order valence-electron chi connectivity index (χ1n) is 3.16. The molecule has 1 aliphatic carbocycles. The van der Waals surface area contributed by atoms with Crippen LogP contribution in [0.5, 0.6) is 0 Å². The molecule has 0 fully saturated rings. The number of benzene rings is 1. The van der Waals surface area contributed by atoms with Crippen molar-refractivity contribution < 1.29 is 0 Å². The van der Waals surface area contributed by atoms with Gasteiger partial charge in [0.2, 0.25) is 0 Å². The summed E-state index contributed by atoms with van der Waals surface area (Å²) in [6.07, 6.45) is 0.784. The lowest BCUT2D eigenvalue weighted by Crippen LogP contribution is -2.26. The predicted molar refractivity (Wildman–Crippen MR) is 43.5 cm³/mol. The van der Waals surface area contributed by atoms with Crippen molar-refractivity contribution in [2.75, 3.05) is 0 Å². The normalized spacial score (nSPS) is 19.4. The number of fused-ring (bicyclic) bond motifs is 1. The summed E-state index contributed by atoms with van der Waals surface area (Å²) in [6, 6.07) is 7.98. The molecule has 1 aromatic carbocycles. The maximum Gasteiger partial charge on any atom is 0.147 e. The van der Waals surface area contributed by atoms with Crippen LogP contribution in [0.15, 0.2) is 24.3 Å². The van der Waals surface area contributed by atoms with Gasteiger partial charge in [-0.15, -0.1) is 0 Å². The topological polar surface area (TPSA) is 0 Å². The second-order valence-corrected chi connectivity index (χ2v) is 4.02. The van der Waals surface area contributed by atoms with Gasteiger partial charge >= 0.3 is 0 Å². The van der Waals surface area contributed by atoms with Gasteiger partial charge in [-0.2, -0.15) is 0 Å². The average Bonchev–Trinajstić information content (AvgIpc) is 1.86. The zero-order chi connectivity index (χ0) is 7.19. The highest BCUT2D eigenvalue weighted by Crippen LogP contribution is 2.47. The van der Waals surface area contributed by atoms with Gasteiger partial charge in [-0.1, -0.05) is 47.5 Å². The second kappa shape index (κ2) is 1.90. The van der Waals surface area contributed by atoms with Crippen molar-refractivity contribution in [1.82, 2.24) is 0 Å². The Bertz CT molecular complexity index is 266. The van der Waals surface area contributed by atoms with Gasteiger partial charge in [-0.05, 0) is 11.1 Å². The van der Waals surface area contributed by atoms with Crippen LogP contribution >= 0.6 is 23.2 Å². The first kappa shape index (κ1) is 6.51. The Morgan fingerprint density at radius 3 is 2.40 bits per heavy atom. The maximum atomic E-state index is 5.90. The van der Waals surface area contributed by atoms with Gasteiger partial charge < -0.3 is 0 Å². The van der Waals surface area contributed by atoms with Crippen LogP contribution in [0.1, 0.15) is 11.1 Å². The standard InChI is InChI=1S/C8H6Cl2/c9-8(10)5-6-3-1-2-4-7(6)8/h1-4H,5H2. The molecule has 0 bridgehead atoms. The van der Waals surface area contributed by atoms with Crippen molar-refractivity contribution in [3.8, 4) is 0 Å². The summed E-state index contributed by atoms with van der Waals surface area (Å²) in [5, 5.41) is 0. The molecular weight excluding hydrogens is 167 g/mol. The fraction of sp³-hybridized carbons (Fsp3) is 0.250. The van der Waals surface area contributed by atoms with Crippen molar-refractivity contribution in [3.05, 3.63) is 35.4 Å². The Kier molecular flexibility index (Phi) is 1.23. The summed E-state index contributed by atoms with van der Waals surface area (Å²) < 4.78 is -0.601. The van der Waals surface area contributed by atoms with E-state index in [4.69, 9.17) is 23.2 Å². The quantitative estimate of drug-likeness (QED) is 0.529. The summed E-state index contributed by atoms with van der Waals surface area (Å²) in [6.45, 7) is 0. The van der Waals surface area contributed by atoms with Crippen LogP contribution in [0.25, 0.3) is 0 Å². The van der Waals surface area contributed by atoms with E-state index in [1.165, 1.54) is 5.56 Å². The Balaban J connectivity index is 2.53. The maximum absolute atomic E-state index is 5.90. The lowest BCUT2D eigenvalue weighted by molar-refractivity contribution is 0.729. The molecule has 2 rings (SSSR count). The molecule has 0 saturated heterocycles. The van der Waals surface area contributed by atoms with E-state index in [-0.39, 0.29) is 0 Å². The molecule has 0 aliphatic heterocycles. The van der Waals surface area contributed by atoms with E-state index in [0.717, 1.165) is 12.0 Å². The molecule has 1 aromatic rings. The van der Waals surface area contributed by atoms with E-state index < -0.39 is 4.33 Å². The summed E-state index contributed by atoms with van der Waals surface area (Å²) >= 11 is 11.8. The molecule has 1 aliphatic rings. The highest BCUT2D eigenvalue weighted by molar-refractivity contribution is 6.49. The fourth-order valence-corrected chi connectivity index (χ4v) is 1.92. The molecule has 0 heterocycles. The van der Waals surface area contributed by atoms with Crippen molar-refractivity contribution in [1.29, 1.82) is 0 Å². The second-order valence-electron chi connectivity index (χ2n) is 2.54. The number of alkyl halides is 2. The molecule has 0 saturated carbocycles. The highest BCUT2D eigenvalue weighted by atomic mass is 35.5. The zero-order valence-corrected chi connectivity index (χ0v) is 6.78. The molecule has 0 aromatic heterocycles. The smallest absolute Gasteiger partial charge is 0.0959 e. The lowest BCUT2D eigenvalue weighted by atomic mass is 9.88. The van der Waals surface area contributed by atoms with E-state index in [0.29, 0.717) is 0 Å². The molecule has 0 spiro atoms. The molecule has 0 amide bonds. The first-order chi connectivity index (χ1) is 4.70. The van der Waals surface area contributed by atoms with Crippen LogP contribution in [-0.4, -0.2) is 0 Å². The van der Waals surface area contributed by atoms with Crippen molar-refractivity contribution in [2.45, 2.75) is 10.8 Å². The third-order valence-corrected chi connectivity index (χ3v) is 2.50. The Morgan fingerprint density at radius 1 is 1.20 bits per heavy atom. The van der Waals surface area contributed by atoms with Crippen LogP contribution in [0.2, 0.25) is 0 Å². The number of halogens is 2. The molecule has 10 heavy (non-hydrogen) atoms. The lowest BCUT2D eigenvalue weighted by Gasteiger charge is -2.32. The van der Waals surface area contributed by atoms with Crippen LogP contribution in [0.3, 0.4) is 0 Å². The van der Waals surface area contributed by atoms with Gasteiger partial charge in [-0.25, -0.2) is 0 Å². The summed E-state index contributed by atoms with van der Waals surface area (Å²) in [7, 11) is 0. The zero-order valence-electron chi connectivity index (χ0n) is 5.27. The van der Waals surface area contributed by atoms with E-state index in [1.54, 1.807) is 0 Å². The number of rotatable bonds is 0. The monoisotopic (exact) mass is 172 g/mol. The minimum atomic E-state index is -0.601. The van der Waals surface area contributed by atoms with Crippen molar-refractivity contribution >= 4 is 23.2 Å². The Labute approximate surface area is 69.8 Å². The number of hydrogen-bond acceptors (Lipinski definition) is 0. The van der Waals surface area contributed by atoms with Gasteiger partial charge in [0.1, 0.15) is 4.33 Å². The highest BCUT2D eigenvalue weighted by Gasteiger charge is 2.38. The molecule has 0 atom stereocenters. The predicted octanol–water partition coefficient (Wildman–Crippen LogP) is 2.87. The first-order valence-corrected chi connectivity index (χ1v) is 3.92. The largest absolute Gasteiger partial charge is 0.147 e. The van der Waals surface area contributed by atoms with Gasteiger partial charge in [0.25, 0.3) is 0 Å². The van der Waals surface area contributed by atoms with Crippen molar-refractivity contribution in [3.63, 3.8) is 0 Å². The van der Waals surface area contributed by atoms with Gasteiger partial charge in [0, 0.05) is 6.42 Å². The average molecular weight is 173 g/mol. The molecule has 0 unspecified atom stereocenters. The molecule has 2 heteroatoms. The third-order valence-electron chi connectivity index (χ3n) is 1.82. The summed E-state index contributed by atoms with van der Waals surface area (Å²) in [4.78, 5) is 0. The number of hydrogen-bond donors (Lipinski definition) is 0. The van der Waals surface area contributed by atoms with Crippen LogP contribution < -0.4 is 0 Å². The summed E-state index contributed by atoms with van der Waals surface area (Å²) in [5.41, 5.74) is 2.34. The molecule has 52 valence electrons. The SMILES string of the molecule is ClC1(Cl)Cc2ccccc21. The molecular formula is C8H6Cl2. The molecule has 0 N–H and O–H groups in total. The summed E-state index contributed by atoms with van der Waals surface area (Å²) in [5.74, 6) is 0. The fourth-order valence-electron chi connectivity index (χ4n) is 1.26. The van der Waals surface area contributed by atoms with E-state index in [1.807, 2.05) is 18.2 Å². The van der Waals surface area contributed by atoms with Gasteiger partial charge in [0.15, 0.2) is 0 Å². The van der Waals surface area contributed by atoms with Crippen LogP contribution in [-0.2, 0) is 10.8 Å². The minimum Gasteiger partial charge on any atom is -0.0959 e. The Morgan fingerprint density at radius 2 is 1.90 bits per heavy atom. The minimum absolute atomic E-state index is 0.601. The van der Waals surface area contributed by atoms with Crippen molar-refractivity contribution in [2.24, 2.45) is 0 Å². The van der Waals surface area contributed by atoms with Crippen LogP contribution in [0, 0.1) is 0 Å². The third kappa shape index (κ3) is 0.759. The van der Waals surface area contributed by atoms with E-state index >= 15 is 0 Å². The van der Waals surface area contributed by atoms with E-state index in [9.17, 15) is 0 Å². The molecule has 0 nitrogen and oxygen atoms in total. The van der Waals surface area contributed by atoms with Crippen LogP contribution in [0.4, 0.5) is 0 Å². The Hall–Kier alpha value is -0.200. The van der Waals surface area contributed by atoms with Gasteiger partial charge in [-0.3, -0.25) is 0 Å². The van der Waals surface area contributed by atoms with Gasteiger partial charge in [0.05, 0.1) is 0 Å².